The topological polar surface area (TPSA) is 75.4 Å². The number of nitrogens with one attached hydrogen (secondary N) is 1. The molecule has 2 amide bonds. The zero-order valence-electron chi connectivity index (χ0n) is 13.8. The Morgan fingerprint density at radius 2 is 1.73 bits per heavy atom. The molecule has 0 aliphatic carbocycles. The number of carbonyl (C=O) groups excluding carboxylic acids is 2. The van der Waals surface area contributed by atoms with Crippen molar-refractivity contribution < 1.29 is 9.59 Å². The van der Waals surface area contributed by atoms with Crippen molar-refractivity contribution in [2.45, 2.75) is 46.2 Å². The van der Waals surface area contributed by atoms with Gasteiger partial charge >= 0.3 is 0 Å². The SMILES string of the molecule is CCCC(N)C(=O)NCc1ccc(C(=O)N(CC)CC)cc1. The number of hydrogen-bond donors (Lipinski definition) is 2. The molecule has 1 rings (SSSR count). The molecule has 1 unspecified atom stereocenters. The second kappa shape index (κ2) is 9.20. The van der Waals surface area contributed by atoms with Crippen LogP contribution in [0.5, 0.6) is 0 Å². The average Bonchev–Trinajstić information content (AvgIpc) is 2.54. The normalized spacial score (nSPS) is 11.8. The van der Waals surface area contributed by atoms with Gasteiger partial charge in [0.15, 0.2) is 0 Å². The van der Waals surface area contributed by atoms with Crippen molar-refractivity contribution in [2.75, 3.05) is 13.1 Å². The number of amides is 2. The monoisotopic (exact) mass is 305 g/mol. The van der Waals surface area contributed by atoms with Crippen LogP contribution in [0.4, 0.5) is 0 Å². The summed E-state index contributed by atoms with van der Waals surface area (Å²) in [5.41, 5.74) is 7.38. The average molecular weight is 305 g/mol. The van der Waals surface area contributed by atoms with Gasteiger partial charge in [-0.1, -0.05) is 25.5 Å². The van der Waals surface area contributed by atoms with E-state index in [0.29, 0.717) is 31.6 Å². The molecule has 1 aromatic rings. The van der Waals surface area contributed by atoms with Crippen LogP contribution < -0.4 is 11.1 Å². The van der Waals surface area contributed by atoms with Crippen molar-refractivity contribution in [2.24, 2.45) is 5.73 Å². The minimum Gasteiger partial charge on any atom is -0.351 e. The van der Waals surface area contributed by atoms with E-state index in [0.717, 1.165) is 12.0 Å². The largest absolute Gasteiger partial charge is 0.351 e. The molecule has 22 heavy (non-hydrogen) atoms. The molecule has 0 spiro atoms. The first-order chi connectivity index (χ1) is 10.5. The van der Waals surface area contributed by atoms with Gasteiger partial charge in [0.25, 0.3) is 5.91 Å². The lowest BCUT2D eigenvalue weighted by Gasteiger charge is -2.18. The molecule has 5 nitrogen and oxygen atoms in total. The Balaban J connectivity index is 2.58. The van der Waals surface area contributed by atoms with E-state index in [4.69, 9.17) is 5.73 Å². The van der Waals surface area contributed by atoms with Crippen molar-refractivity contribution in [1.29, 1.82) is 0 Å². The summed E-state index contributed by atoms with van der Waals surface area (Å²) in [5, 5.41) is 2.82. The molecule has 0 aliphatic rings. The molecule has 0 fully saturated rings. The van der Waals surface area contributed by atoms with Crippen LogP contribution in [-0.2, 0) is 11.3 Å². The van der Waals surface area contributed by atoms with Gasteiger partial charge in [-0.2, -0.15) is 0 Å². The summed E-state index contributed by atoms with van der Waals surface area (Å²) < 4.78 is 0. The first-order valence-electron chi connectivity index (χ1n) is 7.94. The molecule has 122 valence electrons. The summed E-state index contributed by atoms with van der Waals surface area (Å²) in [7, 11) is 0. The zero-order chi connectivity index (χ0) is 16.5. The van der Waals surface area contributed by atoms with E-state index < -0.39 is 6.04 Å². The van der Waals surface area contributed by atoms with E-state index >= 15 is 0 Å². The summed E-state index contributed by atoms with van der Waals surface area (Å²) in [5.74, 6) is -0.101. The van der Waals surface area contributed by atoms with E-state index in [1.165, 1.54) is 0 Å². The third-order valence-corrected chi connectivity index (χ3v) is 3.65. The predicted molar refractivity (Wildman–Crippen MR) is 88.4 cm³/mol. The smallest absolute Gasteiger partial charge is 0.253 e. The molecule has 5 heteroatoms. The predicted octanol–water partition coefficient (Wildman–Crippen LogP) is 1.91. The van der Waals surface area contributed by atoms with Crippen LogP contribution in [0.25, 0.3) is 0 Å². The van der Waals surface area contributed by atoms with Gasteiger partial charge in [0.2, 0.25) is 5.91 Å². The van der Waals surface area contributed by atoms with Gasteiger partial charge in [-0.15, -0.1) is 0 Å². The third-order valence-electron chi connectivity index (χ3n) is 3.65. The van der Waals surface area contributed by atoms with Crippen LogP contribution in [-0.4, -0.2) is 35.8 Å². The second-order valence-corrected chi connectivity index (χ2v) is 5.29. The van der Waals surface area contributed by atoms with E-state index in [1.807, 2.05) is 32.9 Å². The maximum atomic E-state index is 12.2. The number of benzene rings is 1. The fourth-order valence-corrected chi connectivity index (χ4v) is 2.22. The maximum Gasteiger partial charge on any atom is 0.253 e. The Morgan fingerprint density at radius 1 is 1.14 bits per heavy atom. The highest BCUT2D eigenvalue weighted by atomic mass is 16.2. The van der Waals surface area contributed by atoms with Crippen LogP contribution >= 0.6 is 0 Å². The van der Waals surface area contributed by atoms with Crippen LogP contribution in [0.2, 0.25) is 0 Å². The molecule has 0 saturated heterocycles. The number of nitrogens with two attached hydrogens (primary N) is 1. The highest BCUT2D eigenvalue weighted by Gasteiger charge is 2.13. The summed E-state index contributed by atoms with van der Waals surface area (Å²) in [6.07, 6.45) is 1.57. The van der Waals surface area contributed by atoms with Gasteiger partial charge in [0.05, 0.1) is 6.04 Å². The van der Waals surface area contributed by atoms with E-state index in [9.17, 15) is 9.59 Å². The van der Waals surface area contributed by atoms with Crippen molar-refractivity contribution in [3.8, 4) is 0 Å². The number of carbonyl (C=O) groups is 2. The molecule has 0 bridgehead atoms. The lowest BCUT2D eigenvalue weighted by atomic mass is 10.1. The number of rotatable bonds is 8. The zero-order valence-corrected chi connectivity index (χ0v) is 13.8. The van der Waals surface area contributed by atoms with Crippen LogP contribution in [0.1, 0.15) is 49.5 Å². The second-order valence-electron chi connectivity index (χ2n) is 5.29. The molecule has 0 heterocycles. The lowest BCUT2D eigenvalue weighted by molar-refractivity contribution is -0.122. The van der Waals surface area contributed by atoms with Crippen molar-refractivity contribution in [3.63, 3.8) is 0 Å². The lowest BCUT2D eigenvalue weighted by Crippen LogP contribution is -2.40. The molecule has 0 saturated carbocycles. The summed E-state index contributed by atoms with van der Waals surface area (Å²) in [6, 6.07) is 6.88. The standard InChI is InChI=1S/C17H27N3O2/c1-4-7-15(18)16(21)19-12-13-8-10-14(11-9-13)17(22)20(5-2)6-3/h8-11,15H,4-7,12,18H2,1-3H3,(H,19,21). The molecule has 1 atom stereocenters. The van der Waals surface area contributed by atoms with Crippen LogP contribution in [0, 0.1) is 0 Å². The minimum atomic E-state index is -0.450. The summed E-state index contributed by atoms with van der Waals surface area (Å²) in [4.78, 5) is 25.7. The van der Waals surface area contributed by atoms with E-state index in [2.05, 4.69) is 5.32 Å². The van der Waals surface area contributed by atoms with Gasteiger partial charge < -0.3 is 16.0 Å². The highest BCUT2D eigenvalue weighted by Crippen LogP contribution is 2.08. The molecular formula is C17H27N3O2. The molecule has 0 radical (unpaired) electrons. The first kappa shape index (κ1) is 18.2. The van der Waals surface area contributed by atoms with Crippen LogP contribution in [0.15, 0.2) is 24.3 Å². The van der Waals surface area contributed by atoms with Crippen molar-refractivity contribution >= 4 is 11.8 Å². The number of hydrogen-bond acceptors (Lipinski definition) is 3. The van der Waals surface area contributed by atoms with E-state index in [1.54, 1.807) is 17.0 Å². The van der Waals surface area contributed by atoms with Gasteiger partial charge in [-0.3, -0.25) is 9.59 Å². The summed E-state index contributed by atoms with van der Waals surface area (Å²) in [6.45, 7) is 7.75. The Bertz CT molecular complexity index is 481. The van der Waals surface area contributed by atoms with Gasteiger partial charge in [-0.05, 0) is 38.0 Å². The number of nitrogens with zero attached hydrogens (tertiary/aromatic N) is 1. The quantitative estimate of drug-likeness (QED) is 0.770. The molecule has 0 aliphatic heterocycles. The molecule has 3 N–H and O–H groups in total. The van der Waals surface area contributed by atoms with Crippen molar-refractivity contribution in [1.82, 2.24) is 10.2 Å². The fourth-order valence-electron chi connectivity index (χ4n) is 2.22. The van der Waals surface area contributed by atoms with Crippen molar-refractivity contribution in [3.05, 3.63) is 35.4 Å². The minimum absolute atomic E-state index is 0.0329. The maximum absolute atomic E-state index is 12.2. The van der Waals surface area contributed by atoms with E-state index in [-0.39, 0.29) is 11.8 Å². The van der Waals surface area contributed by atoms with Gasteiger partial charge in [0.1, 0.15) is 0 Å². The molecule has 0 aromatic heterocycles. The fraction of sp³-hybridized carbons (Fsp3) is 0.529. The summed E-state index contributed by atoms with van der Waals surface area (Å²) >= 11 is 0. The Morgan fingerprint density at radius 3 is 2.23 bits per heavy atom. The Labute approximate surface area is 132 Å². The third kappa shape index (κ3) is 5.15. The first-order valence-corrected chi connectivity index (χ1v) is 7.94. The highest BCUT2D eigenvalue weighted by molar-refractivity contribution is 5.94. The van der Waals surface area contributed by atoms with Crippen LogP contribution in [0.3, 0.4) is 0 Å². The Kier molecular flexibility index (Phi) is 7.60. The molecule has 1 aromatic carbocycles. The van der Waals surface area contributed by atoms with Gasteiger partial charge in [-0.25, -0.2) is 0 Å². The molecular weight excluding hydrogens is 278 g/mol. The Hall–Kier alpha value is -1.88. The van der Waals surface area contributed by atoms with Gasteiger partial charge in [0, 0.05) is 25.2 Å².